The fourth-order valence-electron chi connectivity index (χ4n) is 4.61. The number of amides is 2. The number of benzene rings is 2. The molecule has 1 aliphatic carbocycles. The molecule has 7 nitrogen and oxygen atoms in total. The number of carboxylic acid groups (broad SMARTS) is 1. The molecule has 1 aliphatic heterocycles. The first-order valence-electron chi connectivity index (χ1n) is 11.2. The predicted molar refractivity (Wildman–Crippen MR) is 119 cm³/mol. The van der Waals surface area contributed by atoms with E-state index in [9.17, 15) is 27.6 Å². The number of hydrogen-bond donors (Lipinski definition) is 2. The highest BCUT2D eigenvalue weighted by Crippen LogP contribution is 2.44. The van der Waals surface area contributed by atoms with Gasteiger partial charge in [-0.05, 0) is 22.3 Å². The molecule has 1 fully saturated rings. The molecule has 2 atom stereocenters. The van der Waals surface area contributed by atoms with E-state index in [1.165, 1.54) is 6.92 Å². The number of likely N-dealkylation sites (tertiary alicyclic amines) is 1. The van der Waals surface area contributed by atoms with Crippen molar-refractivity contribution in [3.63, 3.8) is 0 Å². The molecule has 0 bridgehead atoms. The summed E-state index contributed by atoms with van der Waals surface area (Å²) in [4.78, 5) is 36.7. The molecular weight excluding hydrogens is 465 g/mol. The van der Waals surface area contributed by atoms with Crippen LogP contribution in [0.4, 0.5) is 18.0 Å². The van der Waals surface area contributed by atoms with Crippen LogP contribution in [0.5, 0.6) is 0 Å². The Kier molecular flexibility index (Phi) is 6.73. The van der Waals surface area contributed by atoms with Crippen molar-refractivity contribution in [2.24, 2.45) is 17.8 Å². The molecule has 1 heterocycles. The number of carboxylic acids is 1. The smallest absolute Gasteiger partial charge is 0.407 e. The summed E-state index contributed by atoms with van der Waals surface area (Å²) in [5.41, 5.74) is 3.97. The predicted octanol–water partition coefficient (Wildman–Crippen LogP) is 3.88. The highest BCUT2D eigenvalue weighted by atomic mass is 19.4. The monoisotopic (exact) mass is 490 g/mol. The number of rotatable bonds is 7. The Morgan fingerprint density at radius 3 is 2.11 bits per heavy atom. The molecule has 1 saturated heterocycles. The van der Waals surface area contributed by atoms with Gasteiger partial charge in [0, 0.05) is 31.5 Å². The van der Waals surface area contributed by atoms with Gasteiger partial charge in [-0.15, -0.1) is 0 Å². The van der Waals surface area contributed by atoms with Gasteiger partial charge in [0.15, 0.2) is 5.92 Å². The number of alkyl halides is 3. The Labute approximate surface area is 199 Å². The maximum absolute atomic E-state index is 13.6. The number of aliphatic carboxylic acids is 1. The van der Waals surface area contributed by atoms with Gasteiger partial charge in [-0.2, -0.15) is 13.2 Å². The van der Waals surface area contributed by atoms with Crippen molar-refractivity contribution in [3.8, 4) is 11.1 Å². The van der Waals surface area contributed by atoms with E-state index in [2.05, 4.69) is 5.32 Å². The Morgan fingerprint density at radius 2 is 1.60 bits per heavy atom. The van der Waals surface area contributed by atoms with Crippen LogP contribution in [0, 0.1) is 17.8 Å². The first-order valence-corrected chi connectivity index (χ1v) is 11.2. The number of hydrogen-bond acceptors (Lipinski definition) is 4. The number of ether oxygens (including phenoxy) is 1. The van der Waals surface area contributed by atoms with Crippen LogP contribution in [0.25, 0.3) is 11.1 Å². The van der Waals surface area contributed by atoms with Gasteiger partial charge in [-0.1, -0.05) is 55.5 Å². The van der Waals surface area contributed by atoms with Crippen LogP contribution >= 0.6 is 0 Å². The third-order valence-corrected chi connectivity index (χ3v) is 6.81. The summed E-state index contributed by atoms with van der Waals surface area (Å²) < 4.78 is 45.9. The van der Waals surface area contributed by atoms with E-state index in [0.717, 1.165) is 27.2 Å². The normalized spacial score (nSPS) is 17.1. The number of alkyl carbamates (subject to hydrolysis) is 1. The standard InChI is InChI=1S/C25H25F3N2O5/c1-14(23(32)33)15-11-30(12-15)22(31)21(25(26,27)28)10-29-24(34)35-13-20-18-8-4-2-6-16(18)17-7-3-5-9-19(17)20/h2-9,14-15,20-21H,10-13H2,1H3,(H,29,34)(H,32,33). The lowest BCUT2D eigenvalue weighted by Crippen LogP contribution is -2.58. The minimum absolute atomic E-state index is 0.0641. The second kappa shape index (κ2) is 9.59. The van der Waals surface area contributed by atoms with Crippen molar-refractivity contribution in [2.75, 3.05) is 26.2 Å². The van der Waals surface area contributed by atoms with Crippen molar-refractivity contribution >= 4 is 18.0 Å². The molecule has 2 aromatic carbocycles. The fourth-order valence-corrected chi connectivity index (χ4v) is 4.61. The molecule has 10 heteroatoms. The third kappa shape index (κ3) is 4.96. The summed E-state index contributed by atoms with van der Waals surface area (Å²) in [6.07, 6.45) is -5.92. The Morgan fingerprint density at radius 1 is 1.06 bits per heavy atom. The summed E-state index contributed by atoms with van der Waals surface area (Å²) >= 11 is 0. The van der Waals surface area contributed by atoms with Gasteiger partial charge in [0.2, 0.25) is 5.91 Å². The van der Waals surface area contributed by atoms with E-state index in [-0.39, 0.29) is 25.6 Å². The zero-order valence-corrected chi connectivity index (χ0v) is 18.9. The van der Waals surface area contributed by atoms with E-state index in [0.29, 0.717) is 0 Å². The second-order valence-electron chi connectivity index (χ2n) is 8.93. The maximum atomic E-state index is 13.6. The minimum Gasteiger partial charge on any atom is -0.481 e. The number of carbonyl (C=O) groups is 3. The average molecular weight is 490 g/mol. The second-order valence-corrected chi connectivity index (χ2v) is 8.93. The number of carbonyl (C=O) groups excluding carboxylic acids is 2. The molecule has 2 unspecified atom stereocenters. The average Bonchev–Trinajstić information content (AvgIpc) is 3.09. The van der Waals surface area contributed by atoms with Gasteiger partial charge in [0.1, 0.15) is 6.61 Å². The van der Waals surface area contributed by atoms with Crippen molar-refractivity contribution in [2.45, 2.75) is 19.0 Å². The Bertz CT molecular complexity index is 1080. The van der Waals surface area contributed by atoms with E-state index < -0.39 is 48.4 Å². The quantitative estimate of drug-likeness (QED) is 0.614. The molecule has 186 valence electrons. The number of nitrogens with zero attached hydrogens (tertiary/aromatic N) is 1. The zero-order valence-electron chi connectivity index (χ0n) is 18.9. The lowest BCUT2D eigenvalue weighted by molar-refractivity contribution is -0.192. The van der Waals surface area contributed by atoms with Crippen LogP contribution in [0.15, 0.2) is 48.5 Å². The molecule has 4 rings (SSSR count). The zero-order chi connectivity index (χ0) is 25.3. The first kappa shape index (κ1) is 24.6. The summed E-state index contributed by atoms with van der Waals surface area (Å²) in [6, 6.07) is 15.3. The van der Waals surface area contributed by atoms with Crippen LogP contribution in [0.2, 0.25) is 0 Å². The van der Waals surface area contributed by atoms with Crippen molar-refractivity contribution in [3.05, 3.63) is 59.7 Å². The highest BCUT2D eigenvalue weighted by molar-refractivity contribution is 5.82. The molecule has 2 aliphatic rings. The summed E-state index contributed by atoms with van der Waals surface area (Å²) in [5.74, 6) is -6.11. The van der Waals surface area contributed by atoms with Gasteiger partial charge in [0.25, 0.3) is 0 Å². The van der Waals surface area contributed by atoms with E-state index in [1.807, 2.05) is 48.5 Å². The Balaban J connectivity index is 1.34. The third-order valence-electron chi connectivity index (χ3n) is 6.81. The van der Waals surface area contributed by atoms with Gasteiger partial charge >= 0.3 is 18.2 Å². The van der Waals surface area contributed by atoms with Crippen LogP contribution in [-0.2, 0) is 14.3 Å². The van der Waals surface area contributed by atoms with Crippen molar-refractivity contribution in [1.82, 2.24) is 10.2 Å². The summed E-state index contributed by atoms with van der Waals surface area (Å²) in [6.45, 7) is 0.294. The summed E-state index contributed by atoms with van der Waals surface area (Å²) in [7, 11) is 0. The fraction of sp³-hybridized carbons (Fsp3) is 0.400. The van der Waals surface area contributed by atoms with E-state index in [1.54, 1.807) is 0 Å². The van der Waals surface area contributed by atoms with E-state index >= 15 is 0 Å². The number of nitrogens with one attached hydrogen (secondary N) is 1. The maximum Gasteiger partial charge on any atom is 0.407 e. The summed E-state index contributed by atoms with van der Waals surface area (Å²) in [5, 5.41) is 11.1. The minimum atomic E-state index is -4.88. The van der Waals surface area contributed by atoms with Gasteiger partial charge in [-0.25, -0.2) is 4.79 Å². The number of fused-ring (bicyclic) bond motifs is 3. The van der Waals surface area contributed by atoms with Crippen molar-refractivity contribution < 1.29 is 37.4 Å². The lowest BCUT2D eigenvalue weighted by atomic mass is 9.86. The SMILES string of the molecule is CC(C(=O)O)C1CN(C(=O)C(CNC(=O)OCC2c3ccccc3-c3ccccc32)C(F)(F)F)C1. The first-order chi connectivity index (χ1) is 16.6. The molecule has 35 heavy (non-hydrogen) atoms. The molecule has 0 radical (unpaired) electrons. The molecular formula is C25H25F3N2O5. The van der Waals surface area contributed by atoms with Gasteiger partial charge in [0.05, 0.1) is 5.92 Å². The Hall–Kier alpha value is -3.56. The van der Waals surface area contributed by atoms with Gasteiger partial charge in [-0.3, -0.25) is 9.59 Å². The molecule has 2 aromatic rings. The molecule has 0 saturated carbocycles. The largest absolute Gasteiger partial charge is 0.481 e. The van der Waals surface area contributed by atoms with Gasteiger partial charge < -0.3 is 20.1 Å². The van der Waals surface area contributed by atoms with Crippen molar-refractivity contribution in [1.29, 1.82) is 0 Å². The highest BCUT2D eigenvalue weighted by Gasteiger charge is 2.49. The molecule has 0 aromatic heterocycles. The number of halogens is 3. The van der Waals surface area contributed by atoms with Crippen LogP contribution < -0.4 is 5.32 Å². The molecule has 0 spiro atoms. The lowest BCUT2D eigenvalue weighted by Gasteiger charge is -2.42. The molecule has 2 amide bonds. The topological polar surface area (TPSA) is 95.9 Å². The molecule has 2 N–H and O–H groups in total. The van der Waals surface area contributed by atoms with E-state index in [4.69, 9.17) is 9.84 Å². The van der Waals surface area contributed by atoms with Crippen LogP contribution in [0.3, 0.4) is 0 Å². The van der Waals surface area contributed by atoms with Crippen LogP contribution in [-0.4, -0.2) is 60.4 Å². The van der Waals surface area contributed by atoms with Crippen LogP contribution in [0.1, 0.15) is 24.0 Å².